The van der Waals surface area contributed by atoms with E-state index in [0.29, 0.717) is 12.5 Å². The summed E-state index contributed by atoms with van der Waals surface area (Å²) in [6.07, 6.45) is 7.83. The van der Waals surface area contributed by atoms with Crippen LogP contribution in [0.5, 0.6) is 0 Å². The van der Waals surface area contributed by atoms with E-state index in [1.807, 2.05) is 0 Å². The Morgan fingerprint density at radius 2 is 2.13 bits per heavy atom. The average Bonchev–Trinajstić information content (AvgIpc) is 2.17. The van der Waals surface area contributed by atoms with Gasteiger partial charge in [-0.25, -0.2) is 0 Å². The molecule has 0 unspecified atom stereocenters. The van der Waals surface area contributed by atoms with E-state index in [0.717, 1.165) is 32.4 Å². The highest BCUT2D eigenvalue weighted by atomic mass is 16.1. The van der Waals surface area contributed by atoms with Crippen LogP contribution in [0.4, 0.5) is 0 Å². The monoisotopic (exact) mass is 210 g/mol. The van der Waals surface area contributed by atoms with Crippen LogP contribution in [0.2, 0.25) is 0 Å². The van der Waals surface area contributed by atoms with Gasteiger partial charge < -0.3 is 10.6 Å². The fraction of sp³-hybridized carbons (Fsp3) is 0.750. The lowest BCUT2D eigenvalue weighted by Crippen LogP contribution is -2.35. The first-order valence-electron chi connectivity index (χ1n) is 5.57. The lowest BCUT2D eigenvalue weighted by molar-refractivity contribution is -0.120. The highest BCUT2D eigenvalue weighted by Crippen LogP contribution is 1.95. The normalized spacial score (nSPS) is 10.0. The molecule has 0 spiro atoms. The second-order valence-electron chi connectivity index (χ2n) is 4.02. The Morgan fingerprint density at radius 1 is 1.40 bits per heavy atom. The summed E-state index contributed by atoms with van der Waals surface area (Å²) in [7, 11) is 0. The number of hydrogen-bond donors (Lipinski definition) is 2. The molecule has 0 saturated carbocycles. The Kier molecular flexibility index (Phi) is 8.90. The van der Waals surface area contributed by atoms with E-state index in [2.05, 4.69) is 30.4 Å². The maximum absolute atomic E-state index is 11.2. The van der Waals surface area contributed by atoms with Gasteiger partial charge in [0.15, 0.2) is 0 Å². The highest BCUT2D eigenvalue weighted by Gasteiger charge is 2.00. The van der Waals surface area contributed by atoms with Crippen LogP contribution in [0.1, 0.15) is 33.1 Å². The first kappa shape index (κ1) is 14.0. The molecule has 0 aromatic rings. The minimum atomic E-state index is 0.0661. The molecule has 3 heteroatoms. The number of rotatable bonds is 8. The van der Waals surface area contributed by atoms with Crippen molar-refractivity contribution in [2.24, 2.45) is 5.92 Å². The first-order valence-corrected chi connectivity index (χ1v) is 5.57. The van der Waals surface area contributed by atoms with Crippen molar-refractivity contribution >= 4 is 5.91 Å². The Labute approximate surface area is 93.0 Å². The zero-order valence-electron chi connectivity index (χ0n) is 9.81. The summed E-state index contributed by atoms with van der Waals surface area (Å²) in [6.45, 7) is 6.25. The zero-order valence-corrected chi connectivity index (χ0v) is 9.81. The van der Waals surface area contributed by atoms with Gasteiger partial charge in [-0.05, 0) is 25.3 Å². The molecule has 2 N–H and O–H groups in total. The summed E-state index contributed by atoms with van der Waals surface area (Å²) >= 11 is 0. The largest absolute Gasteiger partial charge is 0.355 e. The van der Waals surface area contributed by atoms with Crippen LogP contribution in [0.3, 0.4) is 0 Å². The van der Waals surface area contributed by atoms with Crippen LogP contribution >= 0.6 is 0 Å². The van der Waals surface area contributed by atoms with Crippen LogP contribution in [-0.2, 0) is 4.79 Å². The van der Waals surface area contributed by atoms with Gasteiger partial charge in [0.25, 0.3) is 0 Å². The molecule has 0 atom stereocenters. The maximum Gasteiger partial charge on any atom is 0.233 e. The fourth-order valence-electron chi connectivity index (χ4n) is 1.08. The van der Waals surface area contributed by atoms with Gasteiger partial charge in [-0.3, -0.25) is 4.79 Å². The van der Waals surface area contributed by atoms with Crippen LogP contribution in [-0.4, -0.2) is 25.5 Å². The van der Waals surface area contributed by atoms with Crippen molar-refractivity contribution in [3.8, 4) is 12.3 Å². The molecule has 3 nitrogen and oxygen atoms in total. The Morgan fingerprint density at radius 3 is 2.73 bits per heavy atom. The molecule has 1 amide bonds. The predicted octanol–water partition coefficient (Wildman–Crippen LogP) is 1.15. The number of carbonyl (C=O) groups excluding carboxylic acids is 1. The van der Waals surface area contributed by atoms with Gasteiger partial charge in [-0.15, -0.1) is 12.3 Å². The summed E-state index contributed by atoms with van der Waals surface area (Å²) < 4.78 is 0. The summed E-state index contributed by atoms with van der Waals surface area (Å²) in [6, 6.07) is 0. The number of terminal acetylenes is 1. The van der Waals surface area contributed by atoms with E-state index in [-0.39, 0.29) is 5.91 Å². The average molecular weight is 210 g/mol. The third kappa shape index (κ3) is 10.9. The van der Waals surface area contributed by atoms with Gasteiger partial charge in [0.1, 0.15) is 0 Å². The lowest BCUT2D eigenvalue weighted by atomic mass is 10.1. The first-order chi connectivity index (χ1) is 7.16. The SMILES string of the molecule is C#CCCCNCC(=O)NCCC(C)C. The van der Waals surface area contributed by atoms with Crippen molar-refractivity contribution in [3.05, 3.63) is 0 Å². The molecule has 0 saturated heterocycles. The summed E-state index contributed by atoms with van der Waals surface area (Å²) in [5.41, 5.74) is 0. The molecule has 15 heavy (non-hydrogen) atoms. The van der Waals surface area contributed by atoms with Crippen molar-refractivity contribution in [2.45, 2.75) is 33.1 Å². The second-order valence-corrected chi connectivity index (χ2v) is 4.02. The van der Waals surface area contributed by atoms with Crippen molar-refractivity contribution in [2.75, 3.05) is 19.6 Å². The Bertz CT molecular complexity index is 206. The van der Waals surface area contributed by atoms with Gasteiger partial charge in [-0.2, -0.15) is 0 Å². The van der Waals surface area contributed by atoms with E-state index in [1.165, 1.54) is 0 Å². The molecule has 0 radical (unpaired) electrons. The molecule has 0 heterocycles. The molecule has 0 bridgehead atoms. The number of amides is 1. The minimum Gasteiger partial charge on any atom is -0.355 e. The minimum absolute atomic E-state index is 0.0661. The Hall–Kier alpha value is -1.01. The number of hydrogen-bond acceptors (Lipinski definition) is 2. The zero-order chi connectivity index (χ0) is 11.5. The van der Waals surface area contributed by atoms with Gasteiger partial charge in [0.05, 0.1) is 6.54 Å². The number of unbranched alkanes of at least 4 members (excludes halogenated alkanes) is 1. The van der Waals surface area contributed by atoms with Crippen molar-refractivity contribution in [1.82, 2.24) is 10.6 Å². The van der Waals surface area contributed by atoms with Crippen LogP contribution in [0.15, 0.2) is 0 Å². The van der Waals surface area contributed by atoms with E-state index >= 15 is 0 Å². The van der Waals surface area contributed by atoms with E-state index in [9.17, 15) is 4.79 Å². The molecule has 0 aliphatic heterocycles. The molecule has 0 rings (SSSR count). The third-order valence-corrected chi connectivity index (χ3v) is 2.00. The van der Waals surface area contributed by atoms with Crippen molar-refractivity contribution in [1.29, 1.82) is 0 Å². The summed E-state index contributed by atoms with van der Waals surface area (Å²) in [4.78, 5) is 11.2. The standard InChI is InChI=1S/C12H22N2O/c1-4-5-6-8-13-10-12(15)14-9-7-11(2)3/h1,11,13H,5-10H2,2-3H3,(H,14,15). The van der Waals surface area contributed by atoms with E-state index < -0.39 is 0 Å². The van der Waals surface area contributed by atoms with E-state index in [4.69, 9.17) is 6.42 Å². The quantitative estimate of drug-likeness (QED) is 0.466. The van der Waals surface area contributed by atoms with Crippen LogP contribution < -0.4 is 10.6 Å². The summed E-state index contributed by atoms with van der Waals surface area (Å²) in [5, 5.41) is 5.91. The van der Waals surface area contributed by atoms with Gasteiger partial charge >= 0.3 is 0 Å². The van der Waals surface area contributed by atoms with Gasteiger partial charge in [-0.1, -0.05) is 13.8 Å². The maximum atomic E-state index is 11.2. The van der Waals surface area contributed by atoms with Crippen LogP contribution in [0, 0.1) is 18.3 Å². The molecule has 0 aromatic carbocycles. The lowest BCUT2D eigenvalue weighted by Gasteiger charge is -2.07. The second kappa shape index (κ2) is 9.54. The Balaban J connectivity index is 3.23. The van der Waals surface area contributed by atoms with Gasteiger partial charge in [0, 0.05) is 13.0 Å². The van der Waals surface area contributed by atoms with E-state index in [1.54, 1.807) is 0 Å². The fourth-order valence-corrected chi connectivity index (χ4v) is 1.08. The molecule has 0 aliphatic rings. The highest BCUT2D eigenvalue weighted by molar-refractivity contribution is 5.77. The van der Waals surface area contributed by atoms with Crippen molar-refractivity contribution < 1.29 is 4.79 Å². The molecule has 0 aliphatic carbocycles. The number of carbonyl (C=O) groups is 1. The van der Waals surface area contributed by atoms with Crippen molar-refractivity contribution in [3.63, 3.8) is 0 Å². The summed E-state index contributed by atoms with van der Waals surface area (Å²) in [5.74, 6) is 3.26. The molecule has 0 aromatic heterocycles. The topological polar surface area (TPSA) is 41.1 Å². The van der Waals surface area contributed by atoms with Crippen LogP contribution in [0.25, 0.3) is 0 Å². The smallest absolute Gasteiger partial charge is 0.233 e. The third-order valence-electron chi connectivity index (χ3n) is 2.00. The number of nitrogens with one attached hydrogen (secondary N) is 2. The van der Waals surface area contributed by atoms with Gasteiger partial charge in [0.2, 0.25) is 5.91 Å². The molecule has 0 fully saturated rings. The molecular formula is C12H22N2O. The predicted molar refractivity (Wildman–Crippen MR) is 63.4 cm³/mol. The molecule has 86 valence electrons. The molecular weight excluding hydrogens is 188 g/mol.